The van der Waals surface area contributed by atoms with Crippen LogP contribution in [0.25, 0.3) is 0 Å². The maximum absolute atomic E-state index is 11.4. The molecule has 2 N–H and O–H groups in total. The summed E-state index contributed by atoms with van der Waals surface area (Å²) in [4.78, 5) is 10.1. The van der Waals surface area contributed by atoms with E-state index in [1.807, 2.05) is 0 Å². The summed E-state index contributed by atoms with van der Waals surface area (Å²) in [5, 5.41) is 4.29. The lowest BCUT2D eigenvalue weighted by molar-refractivity contribution is -0.173. The van der Waals surface area contributed by atoms with Gasteiger partial charge in [-0.3, -0.25) is 4.79 Å². The number of hydrogen-bond acceptors (Lipinski definition) is 2. The highest BCUT2D eigenvalue weighted by atomic mass is 19.4. The Bertz CT molecular complexity index is 134. The molecule has 0 spiro atoms. The topological polar surface area (TPSA) is 41.1 Å². The fraction of sp³-hybridized carbons (Fsp3) is 0.800. The lowest BCUT2D eigenvalue weighted by Crippen LogP contribution is -2.39. The summed E-state index contributed by atoms with van der Waals surface area (Å²) in [6.07, 6.45) is -4.77. The molecule has 0 unspecified atom stereocenters. The monoisotopic (exact) mass is 170 g/mol. The van der Waals surface area contributed by atoms with E-state index in [9.17, 15) is 18.0 Å². The molecule has 66 valence electrons. The van der Waals surface area contributed by atoms with Crippen molar-refractivity contribution in [2.45, 2.75) is 6.18 Å². The van der Waals surface area contributed by atoms with Crippen LogP contribution in [-0.2, 0) is 4.79 Å². The van der Waals surface area contributed by atoms with Crippen molar-refractivity contribution >= 4 is 5.91 Å². The van der Waals surface area contributed by atoms with Crippen LogP contribution in [-0.4, -0.2) is 32.2 Å². The van der Waals surface area contributed by atoms with Gasteiger partial charge in [0.2, 0.25) is 0 Å². The maximum Gasteiger partial charge on any atom is 0.471 e. The van der Waals surface area contributed by atoms with Crippen LogP contribution in [0.15, 0.2) is 0 Å². The number of amides is 1. The second-order valence-corrected chi connectivity index (χ2v) is 1.86. The van der Waals surface area contributed by atoms with Gasteiger partial charge in [0.05, 0.1) is 0 Å². The van der Waals surface area contributed by atoms with Crippen molar-refractivity contribution in [1.29, 1.82) is 0 Å². The Kier molecular flexibility index (Phi) is 3.88. The highest BCUT2D eigenvalue weighted by molar-refractivity contribution is 5.81. The number of hydrogen-bond donors (Lipinski definition) is 2. The molecule has 0 atom stereocenters. The van der Waals surface area contributed by atoms with Crippen LogP contribution < -0.4 is 10.6 Å². The van der Waals surface area contributed by atoms with Crippen LogP contribution >= 0.6 is 0 Å². The molecule has 0 fully saturated rings. The van der Waals surface area contributed by atoms with Crippen molar-refractivity contribution in [1.82, 2.24) is 10.6 Å². The number of nitrogens with one attached hydrogen (secondary N) is 2. The van der Waals surface area contributed by atoms with Gasteiger partial charge >= 0.3 is 12.1 Å². The largest absolute Gasteiger partial charge is 0.471 e. The molecule has 0 aliphatic carbocycles. The molecule has 1 amide bonds. The number of alkyl halides is 3. The molecule has 0 aromatic rings. The van der Waals surface area contributed by atoms with Crippen molar-refractivity contribution in [2.75, 3.05) is 20.1 Å². The molecule has 0 bridgehead atoms. The van der Waals surface area contributed by atoms with E-state index in [1.165, 1.54) is 0 Å². The van der Waals surface area contributed by atoms with Gasteiger partial charge in [0.25, 0.3) is 0 Å². The number of likely N-dealkylation sites (N-methyl/N-ethyl adjacent to an activating group) is 1. The van der Waals surface area contributed by atoms with E-state index in [1.54, 1.807) is 12.4 Å². The molecule has 0 radical (unpaired) electrons. The third kappa shape index (κ3) is 4.60. The standard InChI is InChI=1S/C5H9F3N2O/c1-9-2-3-10-4(11)5(6,7)8/h9H,2-3H2,1H3,(H,10,11). The first kappa shape index (κ1) is 10.2. The van der Waals surface area contributed by atoms with E-state index >= 15 is 0 Å². The van der Waals surface area contributed by atoms with Gasteiger partial charge in [-0.25, -0.2) is 0 Å². The maximum atomic E-state index is 11.4. The van der Waals surface area contributed by atoms with Crippen molar-refractivity contribution in [2.24, 2.45) is 0 Å². The number of halogens is 3. The predicted molar refractivity (Wildman–Crippen MR) is 33.0 cm³/mol. The van der Waals surface area contributed by atoms with Gasteiger partial charge in [0, 0.05) is 13.1 Å². The fourth-order valence-electron chi connectivity index (χ4n) is 0.401. The Morgan fingerprint density at radius 1 is 1.36 bits per heavy atom. The van der Waals surface area contributed by atoms with Crippen molar-refractivity contribution in [3.8, 4) is 0 Å². The highest BCUT2D eigenvalue weighted by Gasteiger charge is 2.37. The molecule has 3 nitrogen and oxygen atoms in total. The van der Waals surface area contributed by atoms with Crippen molar-refractivity contribution in [3.05, 3.63) is 0 Å². The Balaban J connectivity index is 3.54. The highest BCUT2D eigenvalue weighted by Crippen LogP contribution is 2.13. The van der Waals surface area contributed by atoms with Gasteiger partial charge in [0.1, 0.15) is 0 Å². The summed E-state index contributed by atoms with van der Waals surface area (Å²) in [5.74, 6) is -1.90. The second kappa shape index (κ2) is 4.17. The summed E-state index contributed by atoms with van der Waals surface area (Å²) in [6.45, 7) is 0.302. The first-order chi connectivity index (χ1) is 4.98. The van der Waals surface area contributed by atoms with Crippen molar-refractivity contribution < 1.29 is 18.0 Å². The Labute approximate surface area is 62.0 Å². The normalized spacial score (nSPS) is 11.3. The van der Waals surface area contributed by atoms with Crippen molar-refractivity contribution in [3.63, 3.8) is 0 Å². The van der Waals surface area contributed by atoms with E-state index in [0.29, 0.717) is 6.54 Å². The average molecular weight is 170 g/mol. The molecule has 0 aliphatic rings. The summed E-state index contributed by atoms with van der Waals surface area (Å²) >= 11 is 0. The fourth-order valence-corrected chi connectivity index (χ4v) is 0.401. The Hall–Kier alpha value is -0.780. The summed E-state index contributed by atoms with van der Waals surface area (Å²) in [7, 11) is 1.58. The zero-order chi connectivity index (χ0) is 8.91. The summed E-state index contributed by atoms with van der Waals surface area (Å²) in [5.41, 5.74) is 0. The Morgan fingerprint density at radius 3 is 2.27 bits per heavy atom. The molecule has 0 aromatic heterocycles. The van der Waals surface area contributed by atoms with Crippen LogP contribution in [0.5, 0.6) is 0 Å². The molecule has 0 saturated carbocycles. The molecule has 0 rings (SSSR count). The molecule has 0 saturated heterocycles. The number of carbonyl (C=O) groups excluding carboxylic acids is 1. The first-order valence-corrected chi connectivity index (χ1v) is 2.98. The lowest BCUT2D eigenvalue weighted by atomic mass is 10.5. The zero-order valence-corrected chi connectivity index (χ0v) is 5.96. The molecule has 6 heteroatoms. The average Bonchev–Trinajstić information content (AvgIpc) is 1.86. The van der Waals surface area contributed by atoms with Crippen LogP contribution in [0.2, 0.25) is 0 Å². The SMILES string of the molecule is CNCCNC(=O)C(F)(F)F. The third-order valence-electron chi connectivity index (χ3n) is 0.918. The van der Waals surface area contributed by atoms with E-state index in [0.717, 1.165) is 0 Å². The first-order valence-electron chi connectivity index (χ1n) is 2.98. The van der Waals surface area contributed by atoms with Crippen LogP contribution in [0.1, 0.15) is 0 Å². The van der Waals surface area contributed by atoms with Gasteiger partial charge < -0.3 is 10.6 Å². The van der Waals surface area contributed by atoms with Crippen LogP contribution in [0, 0.1) is 0 Å². The summed E-state index contributed by atoms with van der Waals surface area (Å²) in [6, 6.07) is 0. The van der Waals surface area contributed by atoms with Gasteiger partial charge in [-0.2, -0.15) is 13.2 Å². The number of carbonyl (C=O) groups is 1. The van der Waals surface area contributed by atoms with Gasteiger partial charge in [-0.1, -0.05) is 0 Å². The molecular weight excluding hydrogens is 161 g/mol. The predicted octanol–water partition coefficient (Wildman–Crippen LogP) is -0.116. The minimum atomic E-state index is -4.77. The molecular formula is C5H9F3N2O. The second-order valence-electron chi connectivity index (χ2n) is 1.86. The van der Waals surface area contributed by atoms with Gasteiger partial charge in [-0.15, -0.1) is 0 Å². The minimum absolute atomic E-state index is 0.0190. The molecule has 11 heavy (non-hydrogen) atoms. The minimum Gasteiger partial charge on any atom is -0.347 e. The smallest absolute Gasteiger partial charge is 0.347 e. The third-order valence-corrected chi connectivity index (χ3v) is 0.918. The van der Waals surface area contributed by atoms with Gasteiger partial charge in [-0.05, 0) is 7.05 Å². The summed E-state index contributed by atoms with van der Waals surface area (Å²) < 4.78 is 34.3. The van der Waals surface area contributed by atoms with Crippen LogP contribution in [0.3, 0.4) is 0 Å². The molecule has 0 aliphatic heterocycles. The quantitative estimate of drug-likeness (QED) is 0.580. The van der Waals surface area contributed by atoms with E-state index in [4.69, 9.17) is 0 Å². The van der Waals surface area contributed by atoms with E-state index in [-0.39, 0.29) is 6.54 Å². The number of rotatable bonds is 3. The van der Waals surface area contributed by atoms with Gasteiger partial charge in [0.15, 0.2) is 0 Å². The molecule has 0 heterocycles. The van der Waals surface area contributed by atoms with Crippen LogP contribution in [0.4, 0.5) is 13.2 Å². The Morgan fingerprint density at radius 2 is 1.91 bits per heavy atom. The van der Waals surface area contributed by atoms with E-state index < -0.39 is 12.1 Å². The zero-order valence-electron chi connectivity index (χ0n) is 5.96. The lowest BCUT2D eigenvalue weighted by Gasteiger charge is -2.06. The molecule has 0 aromatic carbocycles. The van der Waals surface area contributed by atoms with E-state index in [2.05, 4.69) is 5.32 Å².